The first kappa shape index (κ1) is 9.59. The van der Waals surface area contributed by atoms with Gasteiger partial charge in [0.2, 0.25) is 0 Å². The zero-order valence-electron chi connectivity index (χ0n) is 8.47. The summed E-state index contributed by atoms with van der Waals surface area (Å²) in [6.45, 7) is 6.01. The molecule has 0 radical (unpaired) electrons. The number of thiazole rings is 1. The number of benzene rings is 1. The Morgan fingerprint density at radius 1 is 1.29 bits per heavy atom. The number of aromatic nitrogens is 1. The molecular formula is C11H12FNS. The SMILES string of the molecule is CC(C)(C)c1ccc2scnc2c1F. The van der Waals surface area contributed by atoms with E-state index >= 15 is 0 Å². The fraction of sp³-hybridized carbons (Fsp3) is 0.364. The van der Waals surface area contributed by atoms with Gasteiger partial charge in [0.05, 0.1) is 10.2 Å². The molecular weight excluding hydrogens is 197 g/mol. The molecule has 3 heteroatoms. The van der Waals surface area contributed by atoms with Crippen LogP contribution in [0.4, 0.5) is 4.39 Å². The molecule has 0 saturated heterocycles. The summed E-state index contributed by atoms with van der Waals surface area (Å²) in [5, 5.41) is 0. The minimum atomic E-state index is -0.170. The molecule has 74 valence electrons. The average molecular weight is 209 g/mol. The van der Waals surface area contributed by atoms with Crippen LogP contribution in [0.3, 0.4) is 0 Å². The summed E-state index contributed by atoms with van der Waals surface area (Å²) in [7, 11) is 0. The van der Waals surface area contributed by atoms with Gasteiger partial charge in [0.25, 0.3) is 0 Å². The maximum absolute atomic E-state index is 13.9. The summed E-state index contributed by atoms with van der Waals surface area (Å²) in [6.07, 6.45) is 0. The van der Waals surface area contributed by atoms with Crippen molar-refractivity contribution in [2.24, 2.45) is 0 Å². The lowest BCUT2D eigenvalue weighted by molar-refractivity contribution is 0.528. The van der Waals surface area contributed by atoms with E-state index in [9.17, 15) is 4.39 Å². The number of nitrogens with zero attached hydrogens (tertiary/aromatic N) is 1. The molecule has 0 bridgehead atoms. The van der Waals surface area contributed by atoms with Gasteiger partial charge in [-0.1, -0.05) is 26.8 Å². The highest BCUT2D eigenvalue weighted by molar-refractivity contribution is 7.16. The summed E-state index contributed by atoms with van der Waals surface area (Å²) in [4.78, 5) is 4.04. The van der Waals surface area contributed by atoms with Gasteiger partial charge in [-0.2, -0.15) is 0 Å². The molecule has 0 saturated carbocycles. The Morgan fingerprint density at radius 2 is 2.00 bits per heavy atom. The van der Waals surface area contributed by atoms with Crippen molar-refractivity contribution in [1.82, 2.24) is 4.98 Å². The zero-order valence-corrected chi connectivity index (χ0v) is 9.28. The van der Waals surface area contributed by atoms with Gasteiger partial charge >= 0.3 is 0 Å². The van der Waals surface area contributed by atoms with Crippen molar-refractivity contribution >= 4 is 21.6 Å². The number of fused-ring (bicyclic) bond motifs is 1. The predicted octanol–water partition coefficient (Wildman–Crippen LogP) is 3.73. The molecule has 0 aliphatic heterocycles. The molecule has 0 spiro atoms. The van der Waals surface area contributed by atoms with Crippen LogP contribution in [0.15, 0.2) is 17.6 Å². The van der Waals surface area contributed by atoms with Crippen LogP contribution in [0.2, 0.25) is 0 Å². The first-order valence-electron chi connectivity index (χ1n) is 4.52. The monoisotopic (exact) mass is 209 g/mol. The molecule has 1 nitrogen and oxygen atoms in total. The highest BCUT2D eigenvalue weighted by atomic mass is 32.1. The van der Waals surface area contributed by atoms with Crippen molar-refractivity contribution < 1.29 is 4.39 Å². The maximum Gasteiger partial charge on any atom is 0.154 e. The van der Waals surface area contributed by atoms with Gasteiger partial charge in [-0.05, 0) is 17.0 Å². The van der Waals surface area contributed by atoms with E-state index < -0.39 is 0 Å². The Labute approximate surface area is 86.6 Å². The fourth-order valence-electron chi connectivity index (χ4n) is 1.48. The van der Waals surface area contributed by atoms with E-state index in [0.29, 0.717) is 5.52 Å². The lowest BCUT2D eigenvalue weighted by Crippen LogP contribution is -2.13. The molecule has 0 N–H and O–H groups in total. The summed E-state index contributed by atoms with van der Waals surface area (Å²) in [5.74, 6) is -0.170. The first-order chi connectivity index (χ1) is 6.50. The van der Waals surface area contributed by atoms with Crippen molar-refractivity contribution in [2.75, 3.05) is 0 Å². The second-order valence-corrected chi connectivity index (χ2v) is 5.26. The van der Waals surface area contributed by atoms with Crippen molar-refractivity contribution in [1.29, 1.82) is 0 Å². The number of halogens is 1. The summed E-state index contributed by atoms with van der Waals surface area (Å²) in [5.41, 5.74) is 2.75. The lowest BCUT2D eigenvalue weighted by atomic mass is 9.86. The Kier molecular flexibility index (Phi) is 2.07. The smallest absolute Gasteiger partial charge is 0.154 e. The number of hydrogen-bond donors (Lipinski definition) is 0. The van der Waals surface area contributed by atoms with Crippen LogP contribution in [0.1, 0.15) is 26.3 Å². The minimum absolute atomic E-state index is 0.165. The molecule has 1 aromatic carbocycles. The van der Waals surface area contributed by atoms with Crippen LogP contribution < -0.4 is 0 Å². The summed E-state index contributed by atoms with van der Waals surface area (Å²) in [6, 6.07) is 3.80. The Balaban J connectivity index is 2.74. The molecule has 0 atom stereocenters. The Hall–Kier alpha value is -0.960. The van der Waals surface area contributed by atoms with Crippen molar-refractivity contribution in [2.45, 2.75) is 26.2 Å². The molecule has 0 aliphatic carbocycles. The van der Waals surface area contributed by atoms with Crippen molar-refractivity contribution in [3.63, 3.8) is 0 Å². The van der Waals surface area contributed by atoms with Gasteiger partial charge in [-0.3, -0.25) is 0 Å². The van der Waals surface area contributed by atoms with Crippen LogP contribution in [0, 0.1) is 5.82 Å². The molecule has 14 heavy (non-hydrogen) atoms. The van der Waals surface area contributed by atoms with E-state index in [2.05, 4.69) is 4.98 Å². The van der Waals surface area contributed by atoms with Crippen LogP contribution in [-0.2, 0) is 5.41 Å². The van der Waals surface area contributed by atoms with E-state index in [1.807, 2.05) is 32.9 Å². The Morgan fingerprint density at radius 3 is 2.64 bits per heavy atom. The fourth-order valence-corrected chi connectivity index (χ4v) is 2.15. The van der Waals surface area contributed by atoms with E-state index in [0.717, 1.165) is 10.3 Å². The van der Waals surface area contributed by atoms with Gasteiger partial charge in [-0.15, -0.1) is 11.3 Å². The molecule has 0 aliphatic rings. The van der Waals surface area contributed by atoms with Crippen LogP contribution >= 0.6 is 11.3 Å². The van der Waals surface area contributed by atoms with Gasteiger partial charge in [0, 0.05) is 0 Å². The molecule has 2 aromatic rings. The zero-order chi connectivity index (χ0) is 10.3. The summed E-state index contributed by atoms with van der Waals surface area (Å²) >= 11 is 1.47. The minimum Gasteiger partial charge on any atom is -0.242 e. The van der Waals surface area contributed by atoms with Crippen LogP contribution in [0.5, 0.6) is 0 Å². The Bertz CT molecular complexity index is 468. The van der Waals surface area contributed by atoms with Crippen molar-refractivity contribution in [3.05, 3.63) is 29.0 Å². The second-order valence-electron chi connectivity index (χ2n) is 4.38. The number of rotatable bonds is 0. The topological polar surface area (TPSA) is 12.9 Å². The molecule has 2 rings (SSSR count). The predicted molar refractivity (Wildman–Crippen MR) is 58.3 cm³/mol. The lowest BCUT2D eigenvalue weighted by Gasteiger charge is -2.19. The van der Waals surface area contributed by atoms with Gasteiger partial charge in [0.15, 0.2) is 5.82 Å². The molecule has 1 heterocycles. The third-order valence-electron chi connectivity index (χ3n) is 2.25. The number of hydrogen-bond acceptors (Lipinski definition) is 2. The first-order valence-corrected chi connectivity index (χ1v) is 5.40. The van der Waals surface area contributed by atoms with Gasteiger partial charge in [-0.25, -0.2) is 9.37 Å². The molecule has 0 fully saturated rings. The third kappa shape index (κ3) is 1.42. The molecule has 0 unspecified atom stereocenters. The van der Waals surface area contributed by atoms with Gasteiger partial charge < -0.3 is 0 Å². The molecule has 0 amide bonds. The highest BCUT2D eigenvalue weighted by Gasteiger charge is 2.20. The van der Waals surface area contributed by atoms with E-state index in [-0.39, 0.29) is 11.2 Å². The standard InChI is InChI=1S/C11H12FNS/c1-11(2,3)7-4-5-8-10(9(7)12)13-6-14-8/h4-6H,1-3H3. The van der Waals surface area contributed by atoms with E-state index in [1.54, 1.807) is 5.51 Å². The third-order valence-corrected chi connectivity index (χ3v) is 3.04. The molecule has 1 aromatic heterocycles. The summed E-state index contributed by atoms with van der Waals surface area (Å²) < 4.78 is 14.9. The second kappa shape index (κ2) is 3.02. The van der Waals surface area contributed by atoms with Crippen molar-refractivity contribution in [3.8, 4) is 0 Å². The average Bonchev–Trinajstić information content (AvgIpc) is 2.50. The van der Waals surface area contributed by atoms with E-state index in [1.165, 1.54) is 11.3 Å². The van der Waals surface area contributed by atoms with Crippen LogP contribution in [0.25, 0.3) is 10.2 Å². The van der Waals surface area contributed by atoms with E-state index in [4.69, 9.17) is 0 Å². The van der Waals surface area contributed by atoms with Crippen LogP contribution in [-0.4, -0.2) is 4.98 Å². The normalized spacial score (nSPS) is 12.3. The highest BCUT2D eigenvalue weighted by Crippen LogP contribution is 2.30. The maximum atomic E-state index is 13.9. The quantitative estimate of drug-likeness (QED) is 0.644. The van der Waals surface area contributed by atoms with Gasteiger partial charge in [0.1, 0.15) is 5.52 Å². The largest absolute Gasteiger partial charge is 0.242 e.